The molecule has 3 amide bonds. The summed E-state index contributed by atoms with van der Waals surface area (Å²) in [7, 11) is 4.04. The monoisotopic (exact) mass is 2070 g/mol. The maximum absolute atomic E-state index is 13.7. The highest BCUT2D eigenvalue weighted by atomic mass is 32.1. The third kappa shape index (κ3) is 25.5. The molecule has 16 heterocycles. The van der Waals surface area contributed by atoms with E-state index in [1.54, 1.807) is 24.8 Å². The van der Waals surface area contributed by atoms with Crippen LogP contribution in [0.5, 0.6) is 11.5 Å². The number of rotatable bonds is 31. The highest BCUT2D eigenvalue weighted by Gasteiger charge is 2.37. The van der Waals surface area contributed by atoms with Crippen molar-refractivity contribution in [2.75, 3.05) is 118 Å². The second-order valence-electron chi connectivity index (χ2n) is 36.0. The summed E-state index contributed by atoms with van der Waals surface area (Å²) in [5, 5.41) is 20.5. The quantitative estimate of drug-likeness (QED) is 0.0120. The summed E-state index contributed by atoms with van der Waals surface area (Å²) in [6.07, 6.45) is 14.3. The molecule has 1 atom stereocenters. The summed E-state index contributed by atoms with van der Waals surface area (Å²) in [5.74, 6) is 3.11. The van der Waals surface area contributed by atoms with Crippen LogP contribution >= 0.6 is 56.7 Å². The lowest BCUT2D eigenvalue weighted by atomic mass is 9.97. The molecule has 6 aliphatic heterocycles. The molecule has 8 N–H and O–H groups in total. The van der Waals surface area contributed by atoms with Crippen molar-refractivity contribution in [1.29, 1.82) is 0 Å². The van der Waals surface area contributed by atoms with Gasteiger partial charge in [-0.2, -0.15) is 13.2 Å². The third-order valence-electron chi connectivity index (χ3n) is 24.4. The zero-order valence-electron chi connectivity index (χ0n) is 80.7. The number of carbonyl (C=O) groups is 5. The number of para-hydroxylation sites is 2. The molecule has 3 saturated heterocycles. The molecule has 0 spiro atoms. The lowest BCUT2D eigenvalue weighted by molar-refractivity contribution is -0.137. The van der Waals surface area contributed by atoms with Gasteiger partial charge in [-0.3, -0.25) is 24.0 Å². The van der Waals surface area contributed by atoms with Crippen LogP contribution in [-0.2, 0) is 28.5 Å². The fraction of sp³-hybridized carbons (Fsp3) is 0.400. The molecule has 758 valence electrons. The van der Waals surface area contributed by atoms with Crippen molar-refractivity contribution in [3.05, 3.63) is 194 Å². The minimum atomic E-state index is -4.38. The first-order valence-corrected chi connectivity index (χ1v) is 52.2. The molecule has 0 bridgehead atoms. The first-order valence-electron chi connectivity index (χ1n) is 48.2. The number of ether oxygens (including phenoxy) is 4. The maximum atomic E-state index is 13.7. The van der Waals surface area contributed by atoms with Gasteiger partial charge in [-0.1, -0.05) is 119 Å². The van der Waals surface area contributed by atoms with Crippen LogP contribution in [0.2, 0.25) is 0 Å². The van der Waals surface area contributed by atoms with Gasteiger partial charge in [0.05, 0.1) is 29.1 Å². The van der Waals surface area contributed by atoms with E-state index in [0.29, 0.717) is 191 Å². The number of Topliss-reactive ketones (excluding diaryl/α,β-unsaturated/α-hetero) is 2. The fourth-order valence-electron chi connectivity index (χ4n) is 17.2. The lowest BCUT2D eigenvalue weighted by Crippen LogP contribution is -2.42. The highest BCUT2D eigenvalue weighted by Crippen LogP contribution is 2.46. The number of nitrogens with zero attached hydrogens (tertiary/aromatic N) is 19. The number of amides is 3. The van der Waals surface area contributed by atoms with Gasteiger partial charge in [0.2, 0.25) is 0 Å². The summed E-state index contributed by atoms with van der Waals surface area (Å²) < 4.78 is 88.5. The van der Waals surface area contributed by atoms with E-state index in [9.17, 15) is 45.9 Å². The number of carbonyl (C=O) groups excluding carboxylic acids is 5. The molecule has 0 aliphatic carbocycles. The molecule has 3 fully saturated rings. The molecular weight excluding hydrogens is 1960 g/mol. The Morgan fingerprint density at radius 3 is 1.48 bits per heavy atom. The number of unbranched alkanes of at least 4 members (excludes halogenated alkanes) is 3. The molecule has 1 unspecified atom stereocenters. The number of halogens is 5. The minimum Gasteiger partial charge on any atom is -0.489 e. The van der Waals surface area contributed by atoms with E-state index in [1.165, 1.54) is 123 Å². The number of hydrogen-bond acceptors (Lipinski definition) is 37. The third-order valence-corrected chi connectivity index (χ3v) is 29.3. The van der Waals surface area contributed by atoms with Crippen molar-refractivity contribution in [3.8, 4) is 11.5 Å². The molecular formula is C100H109F5N26O9S5. The first kappa shape index (κ1) is 103. The number of hydrogen-bond donors (Lipinski definition) is 7. The van der Waals surface area contributed by atoms with Crippen molar-refractivity contribution >= 4 is 195 Å². The van der Waals surface area contributed by atoms with E-state index < -0.39 is 11.7 Å². The Morgan fingerprint density at radius 2 is 0.979 bits per heavy atom. The smallest absolute Gasteiger partial charge is 0.416 e. The van der Waals surface area contributed by atoms with E-state index in [0.717, 1.165) is 142 Å². The molecule has 45 heteroatoms. The lowest BCUT2D eigenvalue weighted by Gasteiger charge is -2.25. The summed E-state index contributed by atoms with van der Waals surface area (Å²) in [6.45, 7) is 18.3. The summed E-state index contributed by atoms with van der Waals surface area (Å²) >= 11 is 6.32. The number of ketones is 2. The summed E-state index contributed by atoms with van der Waals surface area (Å²) in [5.41, 5.74) is 15.3. The Hall–Kier alpha value is -13.3. The van der Waals surface area contributed by atoms with Crippen molar-refractivity contribution < 1.29 is 64.9 Å². The van der Waals surface area contributed by atoms with E-state index in [4.69, 9.17) is 24.7 Å². The van der Waals surface area contributed by atoms with Crippen LogP contribution in [0.4, 0.5) is 79.5 Å². The number of benzene rings is 5. The second-order valence-corrected chi connectivity index (χ2v) is 40.9. The number of fused-ring (bicyclic) bond motifs is 8. The van der Waals surface area contributed by atoms with Gasteiger partial charge in [0.15, 0.2) is 65.7 Å². The zero-order valence-corrected chi connectivity index (χ0v) is 84.8. The van der Waals surface area contributed by atoms with Crippen molar-refractivity contribution in [2.24, 2.45) is 11.7 Å². The Bertz CT molecular complexity index is 7120. The number of aromatic nitrogens is 15. The molecule has 0 radical (unpaired) electrons. The van der Waals surface area contributed by atoms with Gasteiger partial charge in [0.25, 0.3) is 17.7 Å². The van der Waals surface area contributed by atoms with Crippen LogP contribution in [-0.4, -0.2) is 226 Å². The van der Waals surface area contributed by atoms with Crippen molar-refractivity contribution in [2.45, 2.75) is 161 Å². The number of thiazole rings is 5. The Balaban J connectivity index is 0.000000124. The van der Waals surface area contributed by atoms with Gasteiger partial charge in [0.1, 0.15) is 107 Å². The molecule has 15 aromatic rings. The Labute approximate surface area is 851 Å². The Kier molecular flexibility index (Phi) is 34.0. The van der Waals surface area contributed by atoms with Gasteiger partial charge in [-0.15, -0.1) is 0 Å². The largest absolute Gasteiger partial charge is 0.489 e. The number of anilines is 10. The van der Waals surface area contributed by atoms with E-state index in [2.05, 4.69) is 165 Å². The van der Waals surface area contributed by atoms with Gasteiger partial charge in [-0.05, 0) is 203 Å². The van der Waals surface area contributed by atoms with Crippen LogP contribution in [0.15, 0.2) is 135 Å². The van der Waals surface area contributed by atoms with Gasteiger partial charge in [-0.25, -0.2) is 83.5 Å². The average molecular weight is 2070 g/mol. The number of nitrogens with one attached hydrogen (secondary N) is 6. The SMILES string of the molecule is CC(C)Oc1cc(F)ccc1Nc1ncnc2sc(C(=O)CC3CNC3)nc12.CCCCCCC(=O)c1nc2c(Nc3ccc(F)cc3OC(C)C)ncnc2s1.CN(C)CCCNC(=O)c1nc2c(N3CCc4ccccc43)ncnc2s1.NCCC1CN(c2ncnc3sc(C(=O)NC4CCOCC4)nc23)c2ccccc21.O=C(NC1CCOCC1)c1nc2c(N3CCc4cc(C(F)(F)F)ccc43)ncnc2s1. The number of nitrogens with two attached hydrogens (primary N) is 1. The van der Waals surface area contributed by atoms with Crippen molar-refractivity contribution in [1.82, 2.24) is 101 Å². The molecule has 35 nitrogen and oxygen atoms in total. The van der Waals surface area contributed by atoms with Crippen LogP contribution in [0.1, 0.15) is 189 Å². The summed E-state index contributed by atoms with van der Waals surface area (Å²) in [6, 6.07) is 29.1. The van der Waals surface area contributed by atoms with Gasteiger partial charge >= 0.3 is 6.18 Å². The molecule has 10 aromatic heterocycles. The molecule has 5 aromatic carbocycles. The predicted octanol–water partition coefficient (Wildman–Crippen LogP) is 18.2. The molecule has 21 rings (SSSR count). The van der Waals surface area contributed by atoms with Gasteiger partial charge < -0.3 is 76.2 Å². The van der Waals surface area contributed by atoms with E-state index in [1.807, 2.05) is 58.8 Å². The van der Waals surface area contributed by atoms with Crippen LogP contribution < -0.4 is 61.8 Å². The maximum Gasteiger partial charge on any atom is 0.416 e. The molecule has 6 aliphatic rings. The zero-order chi connectivity index (χ0) is 101. The molecule has 145 heavy (non-hydrogen) atoms. The van der Waals surface area contributed by atoms with Crippen LogP contribution in [0.3, 0.4) is 0 Å². The minimum absolute atomic E-state index is 0.0195. The van der Waals surface area contributed by atoms with Gasteiger partial charge in [0, 0.05) is 113 Å². The van der Waals surface area contributed by atoms with Crippen LogP contribution in [0, 0.1) is 17.6 Å². The Morgan fingerprint density at radius 1 is 0.517 bits per heavy atom. The molecule has 0 saturated carbocycles. The normalized spacial score (nSPS) is 15.1. The fourth-order valence-corrected chi connectivity index (χ4v) is 21.4. The van der Waals surface area contributed by atoms with E-state index in [-0.39, 0.29) is 70.2 Å². The highest BCUT2D eigenvalue weighted by molar-refractivity contribution is 7.21. The summed E-state index contributed by atoms with van der Waals surface area (Å²) in [4.78, 5) is 140. The second kappa shape index (κ2) is 47.7. The number of alkyl halides is 3. The first-order chi connectivity index (χ1) is 70.2. The van der Waals surface area contributed by atoms with Crippen LogP contribution in [0.25, 0.3) is 51.7 Å². The van der Waals surface area contributed by atoms with E-state index >= 15 is 0 Å². The standard InChI is InChI=1S/C21H25FN4O2S.C21H24N6O2S.C20H18F3N5O2S.C19H20FN5O2S.C19H22N6OS/c1-4-5-6-7-8-16(27)20-26-18-19(23-12-24-21(18)29-20)25-15-10-9-14(22)11-17(15)28-13(2)3;22-8-5-13-11-27(16-4-2-1-3-15(13)16)18-17-20(24-12-23-18)30-21(26-17)19(28)25-14-6-9-29-10-7-14;21-20(22,23)12-1-2-14-11(9-12)3-6-28(14)16-15-18(25-10-24-16)31-19(27-15)17(29)26-13-4-7-30-8-5-13;1-10(2)27-15-6-12(20)3-4-13(15)24-17-16-19(23-9-22-17)28-18(25-16)14(26)5-11-7-21-8-11;1-24(2)10-5-9-20-17(26)19-23-15-16(21-12-22-18(15)27-19)25-11-8-13-6-3-4-7-14(13)25/h9-13H,4-8H2,1-3H3,(H,23,24,25);1-4,12-14H,5-11,22H2,(H,25,28);1-2,9-10,13H,3-8H2,(H,26,29);3-4,6,9-11,21H,5,7-8H2,1-2H3,(H,22,23,24);3-4,6-7,12H,5,8-11H2,1-2H3,(H,20,26). The topological polar surface area (TPSA) is 427 Å². The average Bonchev–Trinajstić information content (AvgIpc) is 1.70. The predicted molar refractivity (Wildman–Crippen MR) is 553 cm³/mol. The van der Waals surface area contributed by atoms with Crippen molar-refractivity contribution in [3.63, 3.8) is 0 Å².